The number of rotatable bonds is 10. The van der Waals surface area contributed by atoms with E-state index in [0.717, 1.165) is 140 Å². The zero-order chi connectivity index (χ0) is 78.1. The minimum absolute atomic E-state index is 0.222. The van der Waals surface area contributed by atoms with E-state index in [9.17, 15) is 5.11 Å². The first-order chi connectivity index (χ1) is 50.8. The molecule has 0 aromatic carbocycles. The molecule has 0 spiro atoms. The van der Waals surface area contributed by atoms with Crippen LogP contribution in [-0.2, 0) is 68.1 Å². The van der Waals surface area contributed by atoms with Crippen LogP contribution in [0.1, 0.15) is 102 Å². The maximum absolute atomic E-state index is 10.4. The van der Waals surface area contributed by atoms with Crippen molar-refractivity contribution < 1.29 is 33.6 Å². The fraction of sp³-hybridized carbons (Fsp3) is 0.286. The standard InChI is InChI=1S/C20H21N5O.C19H19N5.C15H21BN2O2.C10H10BrN3.C9H8BrN3.C2H4Cl2.2CO2/c1-13-6-5-7-16(22-13)19-15(12-24(4)23-19)14-8-9-18-21-10-17(20(2,3)26)25(18)11-14;1-4-15-10-20-18-9-8-14(11-24(15)18)16-12-23(3)22-19(16)17-7-5-6-13(2)21-17;1-6-12-9-17-13-8-7-11(10-18(12)13)16-19-14(2,3)15(4,5)20-16;1-7-4-3-5-9(12-7)10-8(11)6-14(2)13-10;1-6-3-2-4-8(12-6)9-7(10)5-11-13-9;1-2(3)4;2*2-1-3/h5-12,26H,1-4H3;5-12H,4H2,1-3H3;7-10H,6H2,1-5H3;3-6H,1-2H3;2-5H,1H3,(H,11,13);2H,1H3;;. The van der Waals surface area contributed by atoms with Crippen LogP contribution in [0.25, 0.3) is 84.7 Å². The van der Waals surface area contributed by atoms with E-state index in [0.29, 0.717) is 0 Å². The van der Waals surface area contributed by atoms with E-state index < -0.39 is 5.60 Å². The highest BCUT2D eigenvalue weighted by atomic mass is 79.9. The van der Waals surface area contributed by atoms with Crippen LogP contribution >= 0.6 is 55.1 Å². The molecule has 0 aliphatic carbocycles. The summed E-state index contributed by atoms with van der Waals surface area (Å²) in [5.74, 6) is 0. The number of carbonyl (C=O) groups excluding carboxylic acids is 4. The molecule has 15 heterocycles. The summed E-state index contributed by atoms with van der Waals surface area (Å²) >= 11 is 16.9. The highest BCUT2D eigenvalue weighted by molar-refractivity contribution is 9.11. The van der Waals surface area contributed by atoms with Gasteiger partial charge < -0.3 is 27.6 Å². The van der Waals surface area contributed by atoms with Gasteiger partial charge in [0, 0.05) is 127 Å². The molecule has 0 radical (unpaired) electrons. The number of fused-ring (bicyclic) bond motifs is 3. The summed E-state index contributed by atoms with van der Waals surface area (Å²) < 4.78 is 25.7. The molecule has 0 atom stereocenters. The number of pyridine rings is 7. The minimum Gasteiger partial charge on any atom is -0.399 e. The van der Waals surface area contributed by atoms with Crippen LogP contribution in [0.4, 0.5) is 0 Å². The Kier molecular flexibility index (Phi) is 28.4. The van der Waals surface area contributed by atoms with Crippen molar-refractivity contribution in [3.8, 4) is 67.8 Å². The van der Waals surface area contributed by atoms with Gasteiger partial charge in [0.1, 0.15) is 44.5 Å². The van der Waals surface area contributed by atoms with Gasteiger partial charge in [-0.3, -0.25) is 39.1 Å². The summed E-state index contributed by atoms with van der Waals surface area (Å²) in [5, 5.41) is 30.8. The molecule has 0 unspecified atom stereocenters. The Labute approximate surface area is 647 Å². The summed E-state index contributed by atoms with van der Waals surface area (Å²) in [5.41, 5.74) is 20.5. The van der Waals surface area contributed by atoms with Crippen LogP contribution in [0.3, 0.4) is 0 Å². The fourth-order valence-electron chi connectivity index (χ4n) is 11.0. The predicted molar refractivity (Wildman–Crippen MR) is 420 cm³/mol. The molecule has 30 heteroatoms. The molecule has 1 aliphatic rings. The number of nitrogens with one attached hydrogen (secondary N) is 1. The van der Waals surface area contributed by atoms with Crippen molar-refractivity contribution in [3.05, 3.63) is 220 Å². The maximum Gasteiger partial charge on any atom is 0.496 e. The zero-order valence-corrected chi connectivity index (χ0v) is 66.9. The molecule has 0 saturated carbocycles. The Balaban J connectivity index is 0.000000166. The molecule has 25 nitrogen and oxygen atoms in total. The first kappa shape index (κ1) is 82.4. The second-order valence-electron chi connectivity index (χ2n) is 26.0. The number of halogens is 4. The molecular formula is C77H83BBr2Cl2N18O7. The van der Waals surface area contributed by atoms with Crippen molar-refractivity contribution in [1.29, 1.82) is 0 Å². The lowest BCUT2D eigenvalue weighted by Gasteiger charge is -2.32. The van der Waals surface area contributed by atoms with E-state index in [1.165, 1.54) is 11.4 Å². The van der Waals surface area contributed by atoms with E-state index in [1.54, 1.807) is 42.5 Å². The van der Waals surface area contributed by atoms with Crippen molar-refractivity contribution in [3.63, 3.8) is 0 Å². The second kappa shape index (κ2) is 36.8. The fourth-order valence-corrected chi connectivity index (χ4v) is 12.0. The van der Waals surface area contributed by atoms with E-state index in [4.69, 9.17) is 51.7 Å². The third-order valence-corrected chi connectivity index (χ3v) is 17.9. The normalized spacial score (nSPS) is 12.4. The van der Waals surface area contributed by atoms with Crippen LogP contribution in [0, 0.1) is 27.7 Å². The van der Waals surface area contributed by atoms with Crippen LogP contribution in [0.5, 0.6) is 0 Å². The van der Waals surface area contributed by atoms with Crippen LogP contribution in [0.2, 0.25) is 0 Å². The lowest BCUT2D eigenvalue weighted by molar-refractivity contribution is -0.193. The van der Waals surface area contributed by atoms with Gasteiger partial charge in [0.15, 0.2) is 0 Å². The Morgan fingerprint density at radius 3 is 1.30 bits per heavy atom. The van der Waals surface area contributed by atoms with Crippen molar-refractivity contribution in [2.45, 2.75) is 124 Å². The number of hydrogen-bond acceptors (Lipinski definition) is 18. The van der Waals surface area contributed by atoms with Gasteiger partial charge in [-0.05, 0) is 205 Å². The molecule has 14 aromatic heterocycles. The molecule has 0 bridgehead atoms. The number of aryl methyl sites for hydroxylation is 9. The van der Waals surface area contributed by atoms with Gasteiger partial charge in [0.25, 0.3) is 0 Å². The smallest absolute Gasteiger partial charge is 0.399 e. The first-order valence-electron chi connectivity index (χ1n) is 33.8. The predicted octanol–water partition coefficient (Wildman–Crippen LogP) is 14.9. The highest BCUT2D eigenvalue weighted by Crippen LogP contribution is 2.37. The number of alkyl halides is 2. The first-order valence-corrected chi connectivity index (χ1v) is 36.2. The molecule has 1 aliphatic heterocycles. The molecule has 14 aromatic rings. The summed E-state index contributed by atoms with van der Waals surface area (Å²) in [7, 11) is 5.41. The largest absolute Gasteiger partial charge is 0.496 e. The molecular weight excluding hydrogens is 1530 g/mol. The van der Waals surface area contributed by atoms with Gasteiger partial charge in [-0.15, -0.1) is 23.2 Å². The van der Waals surface area contributed by atoms with Crippen molar-refractivity contribution >= 4 is 96.9 Å². The third kappa shape index (κ3) is 21.3. The van der Waals surface area contributed by atoms with Gasteiger partial charge in [0.2, 0.25) is 0 Å². The average molecular weight is 1610 g/mol. The maximum atomic E-state index is 10.4. The SMILES string of the molecule is CC(Cl)Cl.CCc1cnc2ccc(-c3cn(C)nc3-c3cccc(C)n3)cn12.CCc1cnc2ccc(B3OC(C)(C)C(C)(C)O3)cn12.Cc1cccc(-c2[nH]ncc2Br)n1.Cc1cccc(-c2nn(C)cc2-c2ccc3ncc(C(C)(C)O)n3c2)n1.Cc1cccc(-c2nn(C)cc2Br)n1.O=C=O.O=C=O. The van der Waals surface area contributed by atoms with E-state index in [-0.39, 0.29) is 35.5 Å². The number of hydrogen-bond donors (Lipinski definition) is 2. The Hall–Kier alpha value is -10.2. The molecule has 1 fully saturated rings. The Bertz CT molecular complexity index is 5360. The molecule has 1 saturated heterocycles. The number of aromatic amines is 1. The number of aromatic nitrogens is 18. The number of nitrogens with zero attached hydrogens (tertiary/aromatic N) is 17. The van der Waals surface area contributed by atoms with E-state index in [1.807, 2.05) is 192 Å². The Morgan fingerprint density at radius 1 is 0.523 bits per heavy atom. The van der Waals surface area contributed by atoms with E-state index in [2.05, 4.69) is 167 Å². The highest BCUT2D eigenvalue weighted by Gasteiger charge is 2.52. The minimum atomic E-state index is -0.978. The van der Waals surface area contributed by atoms with Crippen LogP contribution in [0.15, 0.2) is 180 Å². The summed E-state index contributed by atoms with van der Waals surface area (Å²) in [6.45, 7) is 25.7. The molecule has 15 rings (SSSR count). The number of aliphatic hydroxyl groups is 1. The number of H-pyrrole nitrogens is 1. The second-order valence-corrected chi connectivity index (χ2v) is 29.3. The van der Waals surface area contributed by atoms with Crippen LogP contribution < -0.4 is 5.46 Å². The van der Waals surface area contributed by atoms with Crippen LogP contribution in [-0.4, -0.2) is 128 Å². The third-order valence-electron chi connectivity index (χ3n) is 16.8. The van der Waals surface area contributed by atoms with Gasteiger partial charge >= 0.3 is 19.4 Å². The van der Waals surface area contributed by atoms with Crippen molar-refractivity contribution in [2.75, 3.05) is 0 Å². The molecule has 2 N–H and O–H groups in total. The van der Waals surface area contributed by atoms with Crippen molar-refractivity contribution in [2.24, 2.45) is 21.1 Å². The number of imidazole rings is 3. The molecule has 0 amide bonds. The zero-order valence-electron chi connectivity index (χ0n) is 62.2. The quantitative estimate of drug-likeness (QED) is 0.0950. The summed E-state index contributed by atoms with van der Waals surface area (Å²) in [4.78, 5) is 63.6. The lowest BCUT2D eigenvalue weighted by Crippen LogP contribution is -2.41. The topological polar surface area (TPSA) is 293 Å². The van der Waals surface area contributed by atoms with Crippen molar-refractivity contribution in [1.82, 2.24) is 87.6 Å². The van der Waals surface area contributed by atoms with Gasteiger partial charge in [0.05, 0.1) is 66.7 Å². The van der Waals surface area contributed by atoms with Gasteiger partial charge in [-0.25, -0.2) is 15.0 Å². The Morgan fingerprint density at radius 2 is 0.897 bits per heavy atom. The van der Waals surface area contributed by atoms with Gasteiger partial charge in [-0.2, -0.15) is 39.6 Å². The average Bonchev–Trinajstić information content (AvgIpc) is 1.61. The van der Waals surface area contributed by atoms with E-state index >= 15 is 0 Å². The summed E-state index contributed by atoms with van der Waals surface area (Å²) in [6, 6.07) is 35.9. The summed E-state index contributed by atoms with van der Waals surface area (Å²) in [6.07, 6.45) is 21.8. The monoisotopic (exact) mass is 1610 g/mol. The lowest BCUT2D eigenvalue weighted by atomic mass is 9.80. The molecule has 107 heavy (non-hydrogen) atoms. The van der Waals surface area contributed by atoms with Gasteiger partial charge in [-0.1, -0.05) is 44.2 Å². The molecule has 554 valence electrons.